The first-order valence-electron chi connectivity index (χ1n) is 11.5. The molecule has 2 aromatic carbocycles. The molecule has 0 aliphatic heterocycles. The molecule has 0 atom stereocenters. The molecule has 5 heteroatoms. The highest BCUT2D eigenvalue weighted by Gasteiger charge is 2.10. The van der Waals surface area contributed by atoms with Gasteiger partial charge in [-0.05, 0) is 67.3 Å². The molecule has 1 aromatic heterocycles. The topological polar surface area (TPSA) is 61.7 Å². The zero-order valence-corrected chi connectivity index (χ0v) is 20.1. The fraction of sp³-hybridized carbons (Fsp3) is 0.407. The second kappa shape index (κ2) is 11.7. The molecule has 3 rings (SSSR count). The molecule has 0 amide bonds. The Bertz CT molecular complexity index is 1080. The van der Waals surface area contributed by atoms with Crippen molar-refractivity contribution in [2.24, 2.45) is 0 Å². The number of hydrogen-bond donors (Lipinski definition) is 1. The van der Waals surface area contributed by atoms with Crippen LogP contribution in [0.2, 0.25) is 5.02 Å². The lowest BCUT2D eigenvalue weighted by Crippen LogP contribution is -1.98. The van der Waals surface area contributed by atoms with Crippen molar-refractivity contribution in [1.82, 2.24) is 9.97 Å². The van der Waals surface area contributed by atoms with Crippen LogP contribution in [0.25, 0.3) is 22.7 Å². The Balaban J connectivity index is 1.62. The van der Waals surface area contributed by atoms with Crippen molar-refractivity contribution < 1.29 is 4.74 Å². The van der Waals surface area contributed by atoms with E-state index >= 15 is 0 Å². The van der Waals surface area contributed by atoms with Crippen molar-refractivity contribution in [3.63, 3.8) is 0 Å². The van der Waals surface area contributed by atoms with E-state index in [1.165, 1.54) is 49.7 Å². The van der Waals surface area contributed by atoms with E-state index in [4.69, 9.17) is 16.3 Å². The number of rotatable bonds is 11. The number of hydrogen-bond acceptors (Lipinski definition) is 3. The van der Waals surface area contributed by atoms with Crippen molar-refractivity contribution in [2.45, 2.75) is 65.7 Å². The molecule has 0 aliphatic carbocycles. The van der Waals surface area contributed by atoms with Crippen LogP contribution in [-0.2, 0) is 0 Å². The van der Waals surface area contributed by atoms with Gasteiger partial charge in [0.25, 0.3) is 0 Å². The van der Waals surface area contributed by atoms with Crippen LogP contribution in [0.5, 0.6) is 5.75 Å². The first-order valence-corrected chi connectivity index (χ1v) is 11.9. The van der Waals surface area contributed by atoms with Crippen molar-refractivity contribution in [1.29, 1.82) is 5.26 Å². The van der Waals surface area contributed by atoms with Gasteiger partial charge in [0.2, 0.25) is 0 Å². The van der Waals surface area contributed by atoms with Gasteiger partial charge in [0, 0.05) is 0 Å². The Morgan fingerprint density at radius 2 is 1.78 bits per heavy atom. The van der Waals surface area contributed by atoms with Gasteiger partial charge in [0.15, 0.2) is 0 Å². The summed E-state index contributed by atoms with van der Waals surface area (Å²) in [6.07, 6.45) is 10.5. The molecule has 0 saturated carbocycles. The van der Waals surface area contributed by atoms with Gasteiger partial charge in [-0.1, -0.05) is 63.1 Å². The molecule has 0 aliphatic rings. The van der Waals surface area contributed by atoms with Crippen LogP contribution in [0, 0.1) is 25.2 Å². The summed E-state index contributed by atoms with van der Waals surface area (Å²) in [5.74, 6) is 1.24. The van der Waals surface area contributed by atoms with E-state index in [1.807, 2.05) is 24.3 Å². The maximum absolute atomic E-state index is 9.70. The van der Waals surface area contributed by atoms with E-state index < -0.39 is 0 Å². The molecular formula is C27H32ClN3O. The number of ether oxygens (including phenoxy) is 1. The van der Waals surface area contributed by atoms with Crippen molar-refractivity contribution in [3.8, 4) is 11.8 Å². The van der Waals surface area contributed by atoms with Gasteiger partial charge in [-0.15, -0.1) is 0 Å². The van der Waals surface area contributed by atoms with E-state index in [-0.39, 0.29) is 0 Å². The van der Waals surface area contributed by atoms with Crippen LogP contribution in [0.4, 0.5) is 0 Å². The number of allylic oxidation sites excluding steroid dienone is 1. The number of fused-ring (bicyclic) bond motifs is 1. The van der Waals surface area contributed by atoms with Crippen LogP contribution >= 0.6 is 11.6 Å². The summed E-state index contributed by atoms with van der Waals surface area (Å²) in [5, 5.41) is 10.2. The minimum atomic E-state index is 0.462. The van der Waals surface area contributed by atoms with E-state index in [1.54, 1.807) is 6.08 Å². The molecule has 0 unspecified atom stereocenters. The average Bonchev–Trinajstić information content (AvgIpc) is 3.17. The molecule has 0 radical (unpaired) electrons. The number of halogens is 1. The summed E-state index contributed by atoms with van der Waals surface area (Å²) in [4.78, 5) is 7.86. The average molecular weight is 450 g/mol. The zero-order chi connectivity index (χ0) is 22.9. The Morgan fingerprint density at radius 3 is 2.50 bits per heavy atom. The predicted octanol–water partition coefficient (Wildman–Crippen LogP) is 8.03. The van der Waals surface area contributed by atoms with Gasteiger partial charge in [-0.3, -0.25) is 0 Å². The highest BCUT2D eigenvalue weighted by Crippen LogP contribution is 2.28. The first-order chi connectivity index (χ1) is 15.5. The van der Waals surface area contributed by atoms with Gasteiger partial charge in [0.05, 0.1) is 28.2 Å². The fourth-order valence-electron chi connectivity index (χ4n) is 3.68. The van der Waals surface area contributed by atoms with E-state index in [2.05, 4.69) is 42.9 Å². The van der Waals surface area contributed by atoms with Gasteiger partial charge in [0.1, 0.15) is 17.6 Å². The van der Waals surface area contributed by atoms with Crippen molar-refractivity contribution in [3.05, 3.63) is 57.9 Å². The number of unbranched alkanes of at least 4 members (excludes halogenated alkanes) is 6. The highest BCUT2D eigenvalue weighted by molar-refractivity contribution is 6.32. The minimum absolute atomic E-state index is 0.462. The molecular weight excluding hydrogens is 418 g/mol. The number of H-pyrrole nitrogens is 1. The van der Waals surface area contributed by atoms with E-state index in [9.17, 15) is 5.26 Å². The normalized spacial score (nSPS) is 11.7. The van der Waals surface area contributed by atoms with Crippen LogP contribution in [0.15, 0.2) is 30.3 Å². The van der Waals surface area contributed by atoms with Gasteiger partial charge < -0.3 is 9.72 Å². The van der Waals surface area contributed by atoms with Crippen LogP contribution in [-0.4, -0.2) is 16.6 Å². The number of aromatic nitrogens is 2. The lowest BCUT2D eigenvalue weighted by atomic mass is 10.1. The second-order valence-corrected chi connectivity index (χ2v) is 8.78. The predicted molar refractivity (Wildman–Crippen MR) is 134 cm³/mol. The maximum Gasteiger partial charge on any atom is 0.149 e. The molecule has 0 bridgehead atoms. The quantitative estimate of drug-likeness (QED) is 0.238. The van der Waals surface area contributed by atoms with Crippen LogP contribution in [0.1, 0.15) is 74.4 Å². The fourth-order valence-corrected chi connectivity index (χ4v) is 3.93. The smallest absolute Gasteiger partial charge is 0.149 e. The zero-order valence-electron chi connectivity index (χ0n) is 19.3. The van der Waals surface area contributed by atoms with Crippen LogP contribution in [0.3, 0.4) is 0 Å². The summed E-state index contributed by atoms with van der Waals surface area (Å²) < 4.78 is 5.86. The van der Waals surface area contributed by atoms with Crippen molar-refractivity contribution in [2.75, 3.05) is 6.61 Å². The molecule has 4 nitrogen and oxygen atoms in total. The molecule has 0 fully saturated rings. The number of nitrogens with one attached hydrogen (secondary N) is 1. The van der Waals surface area contributed by atoms with Gasteiger partial charge in [-0.2, -0.15) is 5.26 Å². The Kier molecular flexibility index (Phi) is 8.76. The molecule has 0 spiro atoms. The number of imidazole rings is 1. The molecule has 0 saturated heterocycles. The summed E-state index contributed by atoms with van der Waals surface area (Å²) >= 11 is 6.44. The Morgan fingerprint density at radius 1 is 1.06 bits per heavy atom. The third-order valence-electron chi connectivity index (χ3n) is 5.75. The standard InChI is InChI=1S/C27H32ClN3O/c1-4-5-6-7-8-9-10-13-32-26-12-11-21(17-23(26)28)16-22(18-29)27-30-24-14-19(2)20(3)15-25(24)31-27/h11-12,14-17H,4-10,13H2,1-3H3,(H,30,31)/b22-16-. The molecule has 1 heterocycles. The van der Waals surface area contributed by atoms with Gasteiger partial charge >= 0.3 is 0 Å². The summed E-state index contributed by atoms with van der Waals surface area (Å²) in [6.45, 7) is 7.03. The molecule has 32 heavy (non-hydrogen) atoms. The SMILES string of the molecule is CCCCCCCCCOc1ccc(/C=C(/C#N)c2nc3cc(C)c(C)cc3[nH]2)cc1Cl. The van der Waals surface area contributed by atoms with E-state index in [0.717, 1.165) is 23.0 Å². The Labute approximate surface area is 196 Å². The monoisotopic (exact) mass is 449 g/mol. The lowest BCUT2D eigenvalue weighted by Gasteiger charge is -2.09. The first kappa shape index (κ1) is 23.9. The van der Waals surface area contributed by atoms with E-state index in [0.29, 0.717) is 28.8 Å². The third-order valence-corrected chi connectivity index (χ3v) is 6.04. The third kappa shape index (κ3) is 6.37. The minimum Gasteiger partial charge on any atom is -0.492 e. The second-order valence-electron chi connectivity index (χ2n) is 8.37. The number of aryl methyl sites for hydroxylation is 2. The summed E-state index contributed by atoms with van der Waals surface area (Å²) in [7, 11) is 0. The molecule has 1 N–H and O–H groups in total. The summed E-state index contributed by atoms with van der Waals surface area (Å²) in [5.41, 5.74) is 5.45. The Hall–Kier alpha value is -2.77. The number of nitriles is 1. The highest BCUT2D eigenvalue weighted by atomic mass is 35.5. The molecule has 3 aromatic rings. The van der Waals surface area contributed by atoms with Crippen molar-refractivity contribution >= 4 is 34.3 Å². The maximum atomic E-state index is 9.70. The number of benzene rings is 2. The number of nitrogens with zero attached hydrogens (tertiary/aromatic N) is 2. The summed E-state index contributed by atoms with van der Waals surface area (Å²) in [6, 6.07) is 12.0. The number of aromatic amines is 1. The van der Waals surface area contributed by atoms with Gasteiger partial charge in [-0.25, -0.2) is 4.98 Å². The lowest BCUT2D eigenvalue weighted by molar-refractivity contribution is 0.304. The largest absolute Gasteiger partial charge is 0.492 e. The van der Waals surface area contributed by atoms with Crippen LogP contribution < -0.4 is 4.74 Å². The molecule has 168 valence electrons.